The average Bonchev–Trinajstić information content (AvgIpc) is 2.47. The van der Waals surface area contributed by atoms with Gasteiger partial charge in [0.15, 0.2) is 6.61 Å². The molecule has 0 saturated carbocycles. The minimum absolute atomic E-state index is 0.0249. The Morgan fingerprint density at radius 2 is 1.95 bits per heavy atom. The predicted molar refractivity (Wildman–Crippen MR) is 78.8 cm³/mol. The molecular formula is C15H24N2O3. The molecule has 5 heteroatoms. The number of carbonyl (C=O) groups excluding carboxylic acids is 1. The fourth-order valence-electron chi connectivity index (χ4n) is 1.61. The van der Waals surface area contributed by atoms with Gasteiger partial charge in [0, 0.05) is 20.2 Å². The number of carbonyl (C=O) groups is 1. The highest BCUT2D eigenvalue weighted by atomic mass is 16.5. The lowest BCUT2D eigenvalue weighted by molar-refractivity contribution is -0.123. The Labute approximate surface area is 120 Å². The van der Waals surface area contributed by atoms with Crippen LogP contribution < -0.4 is 15.4 Å². The van der Waals surface area contributed by atoms with E-state index in [4.69, 9.17) is 9.47 Å². The second-order valence-corrected chi connectivity index (χ2v) is 4.45. The molecule has 2 N–H and O–H groups in total. The molecule has 0 fully saturated rings. The summed E-state index contributed by atoms with van der Waals surface area (Å²) in [5.74, 6) is 0.557. The fraction of sp³-hybridized carbons (Fsp3) is 0.533. The van der Waals surface area contributed by atoms with Crippen LogP contribution in [0.5, 0.6) is 5.75 Å². The van der Waals surface area contributed by atoms with Gasteiger partial charge in [-0.1, -0.05) is 19.1 Å². The largest absolute Gasteiger partial charge is 0.484 e. The van der Waals surface area contributed by atoms with Gasteiger partial charge < -0.3 is 20.1 Å². The van der Waals surface area contributed by atoms with Crippen LogP contribution in [0.3, 0.4) is 0 Å². The molecule has 0 heterocycles. The Morgan fingerprint density at radius 3 is 2.60 bits per heavy atom. The number of methoxy groups -OCH3 is 1. The number of nitrogens with one attached hydrogen (secondary N) is 2. The molecule has 0 bridgehead atoms. The molecule has 1 aromatic rings. The molecule has 1 aromatic carbocycles. The van der Waals surface area contributed by atoms with E-state index >= 15 is 0 Å². The molecule has 1 rings (SSSR count). The van der Waals surface area contributed by atoms with Crippen LogP contribution in [0, 0.1) is 0 Å². The van der Waals surface area contributed by atoms with Crippen molar-refractivity contribution in [1.82, 2.24) is 10.6 Å². The summed E-state index contributed by atoms with van der Waals surface area (Å²) in [5.41, 5.74) is 1.20. The molecular weight excluding hydrogens is 256 g/mol. The van der Waals surface area contributed by atoms with Gasteiger partial charge in [0.2, 0.25) is 0 Å². The summed E-state index contributed by atoms with van der Waals surface area (Å²) in [6.07, 6.45) is 1.12. The first-order chi connectivity index (χ1) is 9.76. The monoisotopic (exact) mass is 280 g/mol. The van der Waals surface area contributed by atoms with E-state index in [-0.39, 0.29) is 12.5 Å². The molecule has 5 nitrogen and oxygen atoms in total. The zero-order chi connectivity index (χ0) is 14.6. The van der Waals surface area contributed by atoms with Gasteiger partial charge in [-0.25, -0.2) is 0 Å². The lowest BCUT2D eigenvalue weighted by Crippen LogP contribution is -2.31. The van der Waals surface area contributed by atoms with Crippen molar-refractivity contribution in [3.63, 3.8) is 0 Å². The van der Waals surface area contributed by atoms with E-state index in [1.807, 2.05) is 24.3 Å². The van der Waals surface area contributed by atoms with E-state index in [9.17, 15) is 4.79 Å². The van der Waals surface area contributed by atoms with Crippen LogP contribution in [0.4, 0.5) is 0 Å². The van der Waals surface area contributed by atoms with Crippen molar-refractivity contribution >= 4 is 5.91 Å². The molecule has 0 aliphatic carbocycles. The molecule has 0 unspecified atom stereocenters. The van der Waals surface area contributed by atoms with Gasteiger partial charge in [-0.3, -0.25) is 4.79 Å². The average molecular weight is 280 g/mol. The second kappa shape index (κ2) is 10.2. The lowest BCUT2D eigenvalue weighted by atomic mass is 10.2. The minimum atomic E-state index is -0.143. The minimum Gasteiger partial charge on any atom is -0.484 e. The van der Waals surface area contributed by atoms with Crippen molar-refractivity contribution < 1.29 is 14.3 Å². The predicted octanol–water partition coefficient (Wildman–Crippen LogP) is 1.33. The van der Waals surface area contributed by atoms with Crippen LogP contribution in [-0.4, -0.2) is 39.3 Å². The number of ether oxygens (including phenoxy) is 2. The maximum atomic E-state index is 11.4. The van der Waals surface area contributed by atoms with E-state index in [2.05, 4.69) is 17.6 Å². The Hall–Kier alpha value is -1.59. The summed E-state index contributed by atoms with van der Waals surface area (Å²) in [6.45, 7) is 5.04. The highest BCUT2D eigenvalue weighted by Gasteiger charge is 2.02. The molecule has 0 aromatic heterocycles. The third-order valence-electron chi connectivity index (χ3n) is 2.68. The quantitative estimate of drug-likeness (QED) is 0.635. The normalized spacial score (nSPS) is 10.3. The number of rotatable bonds is 10. The van der Waals surface area contributed by atoms with E-state index in [0.717, 1.165) is 19.5 Å². The summed E-state index contributed by atoms with van der Waals surface area (Å²) < 4.78 is 10.3. The summed E-state index contributed by atoms with van der Waals surface area (Å²) in [4.78, 5) is 11.4. The molecule has 0 spiro atoms. The van der Waals surface area contributed by atoms with Crippen LogP contribution in [0.15, 0.2) is 24.3 Å². The fourth-order valence-corrected chi connectivity index (χ4v) is 1.61. The van der Waals surface area contributed by atoms with Gasteiger partial charge in [-0.15, -0.1) is 0 Å². The number of amides is 1. The Kier molecular flexibility index (Phi) is 8.42. The molecule has 0 atom stereocenters. The number of hydrogen-bond donors (Lipinski definition) is 2. The first-order valence-electron chi connectivity index (χ1n) is 6.94. The molecule has 0 aliphatic rings. The highest BCUT2D eigenvalue weighted by molar-refractivity contribution is 5.77. The highest BCUT2D eigenvalue weighted by Crippen LogP contribution is 2.11. The van der Waals surface area contributed by atoms with Gasteiger partial charge in [-0.05, 0) is 30.7 Å². The standard InChI is InChI=1S/C15H24N2O3/c1-3-8-16-11-13-4-6-14(7-5-13)20-12-15(18)17-9-10-19-2/h4-7,16H,3,8-12H2,1-2H3,(H,17,18). The van der Waals surface area contributed by atoms with Crippen LogP contribution in [0.25, 0.3) is 0 Å². The smallest absolute Gasteiger partial charge is 0.258 e. The van der Waals surface area contributed by atoms with Crippen molar-refractivity contribution in [2.24, 2.45) is 0 Å². The first kappa shape index (κ1) is 16.5. The van der Waals surface area contributed by atoms with Gasteiger partial charge in [0.05, 0.1) is 6.61 Å². The van der Waals surface area contributed by atoms with Crippen molar-refractivity contribution in [1.29, 1.82) is 0 Å². The summed E-state index contributed by atoms with van der Waals surface area (Å²) >= 11 is 0. The molecule has 20 heavy (non-hydrogen) atoms. The molecule has 0 saturated heterocycles. The third-order valence-corrected chi connectivity index (χ3v) is 2.68. The first-order valence-corrected chi connectivity index (χ1v) is 6.94. The maximum absolute atomic E-state index is 11.4. The van der Waals surface area contributed by atoms with Gasteiger partial charge in [0.25, 0.3) is 5.91 Å². The van der Waals surface area contributed by atoms with Crippen molar-refractivity contribution in [3.8, 4) is 5.75 Å². The molecule has 0 radical (unpaired) electrons. The second-order valence-electron chi connectivity index (χ2n) is 4.45. The summed E-state index contributed by atoms with van der Waals surface area (Å²) in [7, 11) is 1.60. The van der Waals surface area contributed by atoms with Crippen LogP contribution >= 0.6 is 0 Å². The van der Waals surface area contributed by atoms with Crippen molar-refractivity contribution in [3.05, 3.63) is 29.8 Å². The molecule has 112 valence electrons. The third kappa shape index (κ3) is 7.11. The van der Waals surface area contributed by atoms with Crippen molar-refractivity contribution in [2.45, 2.75) is 19.9 Å². The number of hydrogen-bond acceptors (Lipinski definition) is 4. The molecule has 0 aliphatic heterocycles. The molecule has 1 amide bonds. The van der Waals surface area contributed by atoms with Crippen LogP contribution in [0.1, 0.15) is 18.9 Å². The topological polar surface area (TPSA) is 59.6 Å². The zero-order valence-electron chi connectivity index (χ0n) is 12.3. The van der Waals surface area contributed by atoms with Crippen LogP contribution in [0.2, 0.25) is 0 Å². The Bertz CT molecular complexity index is 379. The summed E-state index contributed by atoms with van der Waals surface area (Å²) in [5, 5.41) is 6.03. The number of benzene rings is 1. The SMILES string of the molecule is CCCNCc1ccc(OCC(=O)NCCOC)cc1. The zero-order valence-corrected chi connectivity index (χ0v) is 12.3. The van der Waals surface area contributed by atoms with Gasteiger partial charge in [0.1, 0.15) is 5.75 Å². The Morgan fingerprint density at radius 1 is 1.20 bits per heavy atom. The van der Waals surface area contributed by atoms with E-state index in [1.165, 1.54) is 5.56 Å². The Balaban J connectivity index is 2.25. The lowest BCUT2D eigenvalue weighted by Gasteiger charge is -2.08. The van der Waals surface area contributed by atoms with Crippen LogP contribution in [-0.2, 0) is 16.1 Å². The summed E-state index contributed by atoms with van der Waals surface area (Å²) in [6, 6.07) is 7.76. The van der Waals surface area contributed by atoms with E-state index in [0.29, 0.717) is 18.9 Å². The van der Waals surface area contributed by atoms with E-state index < -0.39 is 0 Å². The van der Waals surface area contributed by atoms with Gasteiger partial charge in [-0.2, -0.15) is 0 Å². The van der Waals surface area contributed by atoms with E-state index in [1.54, 1.807) is 7.11 Å². The van der Waals surface area contributed by atoms with Crippen molar-refractivity contribution in [2.75, 3.05) is 33.4 Å². The van der Waals surface area contributed by atoms with Gasteiger partial charge >= 0.3 is 0 Å². The maximum Gasteiger partial charge on any atom is 0.258 e.